The van der Waals surface area contributed by atoms with Crippen LogP contribution < -0.4 is 5.32 Å². The van der Waals surface area contributed by atoms with Gasteiger partial charge in [0, 0.05) is 30.5 Å². The Bertz CT molecular complexity index is 441. The van der Waals surface area contributed by atoms with E-state index in [9.17, 15) is 0 Å². The van der Waals surface area contributed by atoms with Crippen LogP contribution in [0, 0.1) is 0 Å². The van der Waals surface area contributed by atoms with E-state index in [4.69, 9.17) is 11.6 Å². The SMILES string of the molecule is CCNC(CSC1CCCC1)Cc1c(Cl)c(CC)nn1C. The van der Waals surface area contributed by atoms with E-state index in [1.807, 2.05) is 11.7 Å². The predicted molar refractivity (Wildman–Crippen MR) is 93.5 cm³/mol. The van der Waals surface area contributed by atoms with Crippen LogP contribution in [0.5, 0.6) is 0 Å². The molecule has 1 N–H and O–H groups in total. The minimum absolute atomic E-state index is 0.484. The molecule has 21 heavy (non-hydrogen) atoms. The third kappa shape index (κ3) is 4.64. The van der Waals surface area contributed by atoms with Crippen LogP contribution >= 0.6 is 23.4 Å². The summed E-state index contributed by atoms with van der Waals surface area (Å²) in [7, 11) is 2.01. The van der Waals surface area contributed by atoms with Crippen LogP contribution in [0.15, 0.2) is 0 Å². The first kappa shape index (κ1) is 17.2. The predicted octanol–water partition coefficient (Wildman–Crippen LogP) is 3.83. The van der Waals surface area contributed by atoms with Gasteiger partial charge in [0.1, 0.15) is 0 Å². The highest BCUT2D eigenvalue weighted by Gasteiger charge is 2.20. The highest BCUT2D eigenvalue weighted by Crippen LogP contribution is 2.30. The number of aromatic nitrogens is 2. The molecule has 1 fully saturated rings. The summed E-state index contributed by atoms with van der Waals surface area (Å²) < 4.78 is 1.96. The maximum Gasteiger partial charge on any atom is 0.0850 e. The number of hydrogen-bond donors (Lipinski definition) is 1. The van der Waals surface area contributed by atoms with Crippen molar-refractivity contribution < 1.29 is 0 Å². The van der Waals surface area contributed by atoms with Gasteiger partial charge < -0.3 is 5.32 Å². The smallest absolute Gasteiger partial charge is 0.0850 e. The van der Waals surface area contributed by atoms with Gasteiger partial charge in [-0.05, 0) is 25.8 Å². The molecule has 1 aromatic rings. The lowest BCUT2D eigenvalue weighted by Gasteiger charge is -2.20. The molecule has 1 atom stereocenters. The van der Waals surface area contributed by atoms with E-state index in [1.165, 1.54) is 37.1 Å². The fourth-order valence-electron chi connectivity index (χ4n) is 3.06. The van der Waals surface area contributed by atoms with Crippen molar-refractivity contribution >= 4 is 23.4 Å². The summed E-state index contributed by atoms with van der Waals surface area (Å²) in [5.41, 5.74) is 2.19. The Labute approximate surface area is 138 Å². The number of rotatable bonds is 8. The lowest BCUT2D eigenvalue weighted by atomic mass is 10.1. The molecule has 3 nitrogen and oxygen atoms in total. The lowest BCUT2D eigenvalue weighted by Crippen LogP contribution is -2.34. The van der Waals surface area contributed by atoms with E-state index in [2.05, 4.69) is 36.0 Å². The summed E-state index contributed by atoms with van der Waals surface area (Å²) in [4.78, 5) is 0. The molecular weight excluding hydrogens is 302 g/mol. The number of thioether (sulfide) groups is 1. The molecule has 120 valence electrons. The third-order valence-corrected chi connectivity index (χ3v) is 6.24. The lowest BCUT2D eigenvalue weighted by molar-refractivity contribution is 0.548. The number of nitrogens with zero attached hydrogens (tertiary/aromatic N) is 2. The zero-order valence-corrected chi connectivity index (χ0v) is 15.1. The molecule has 0 spiro atoms. The molecule has 1 aromatic heterocycles. The average molecular weight is 330 g/mol. The Kier molecular flexibility index (Phi) is 6.90. The van der Waals surface area contributed by atoms with Crippen molar-refractivity contribution in [1.29, 1.82) is 0 Å². The number of nitrogens with one attached hydrogen (secondary N) is 1. The molecule has 0 saturated heterocycles. The standard InChI is InChI=1S/C16H28ClN3S/c1-4-14-16(17)15(20(3)19-14)10-12(18-5-2)11-21-13-8-6-7-9-13/h12-13,18H,4-11H2,1-3H3. The number of likely N-dealkylation sites (N-methyl/N-ethyl adjacent to an activating group) is 1. The van der Waals surface area contributed by atoms with E-state index < -0.39 is 0 Å². The normalized spacial score (nSPS) is 17.5. The maximum absolute atomic E-state index is 6.48. The topological polar surface area (TPSA) is 29.9 Å². The third-order valence-electron chi connectivity index (χ3n) is 4.27. The van der Waals surface area contributed by atoms with E-state index in [-0.39, 0.29) is 0 Å². The first-order valence-electron chi connectivity index (χ1n) is 8.20. The average Bonchev–Trinajstić information content (AvgIpc) is 3.07. The second-order valence-corrected chi connectivity index (χ2v) is 7.59. The highest BCUT2D eigenvalue weighted by molar-refractivity contribution is 7.99. The van der Waals surface area contributed by atoms with Crippen molar-refractivity contribution in [3.63, 3.8) is 0 Å². The first-order chi connectivity index (χ1) is 10.2. The van der Waals surface area contributed by atoms with E-state index in [0.29, 0.717) is 6.04 Å². The maximum atomic E-state index is 6.48. The van der Waals surface area contributed by atoms with Gasteiger partial charge in [0.2, 0.25) is 0 Å². The van der Waals surface area contributed by atoms with Crippen LogP contribution in [-0.2, 0) is 19.9 Å². The second-order valence-electron chi connectivity index (χ2n) is 5.88. The van der Waals surface area contributed by atoms with Crippen LogP contribution in [0.1, 0.15) is 50.9 Å². The van der Waals surface area contributed by atoms with Crippen molar-refractivity contribution in [2.24, 2.45) is 7.05 Å². The summed E-state index contributed by atoms with van der Waals surface area (Å²) in [5.74, 6) is 1.17. The van der Waals surface area contributed by atoms with Crippen LogP contribution in [0.25, 0.3) is 0 Å². The van der Waals surface area contributed by atoms with Crippen LogP contribution in [-0.4, -0.2) is 33.4 Å². The molecule has 5 heteroatoms. The molecule has 1 aliphatic rings. The summed E-state index contributed by atoms with van der Waals surface area (Å²) in [6.07, 6.45) is 7.49. The first-order valence-corrected chi connectivity index (χ1v) is 9.63. The van der Waals surface area contributed by atoms with Crippen LogP contribution in [0.2, 0.25) is 5.02 Å². The molecule has 1 saturated carbocycles. The molecule has 0 aliphatic heterocycles. The van der Waals surface area contributed by atoms with Gasteiger partial charge in [0.05, 0.1) is 16.4 Å². The molecule has 0 amide bonds. The van der Waals surface area contributed by atoms with Crippen molar-refractivity contribution in [2.45, 2.75) is 63.7 Å². The zero-order valence-electron chi connectivity index (χ0n) is 13.5. The van der Waals surface area contributed by atoms with Gasteiger partial charge in [-0.15, -0.1) is 0 Å². The molecule has 0 aromatic carbocycles. The molecule has 1 heterocycles. The van der Waals surface area contributed by atoms with Gasteiger partial charge in [-0.3, -0.25) is 4.68 Å². The van der Waals surface area contributed by atoms with E-state index in [1.54, 1.807) is 0 Å². The second kappa shape index (κ2) is 8.44. The molecule has 1 unspecified atom stereocenters. The van der Waals surface area contributed by atoms with Crippen LogP contribution in [0.3, 0.4) is 0 Å². The molecule has 2 rings (SSSR count). The van der Waals surface area contributed by atoms with Crippen LogP contribution in [0.4, 0.5) is 0 Å². The molecular formula is C16H28ClN3S. The molecule has 0 bridgehead atoms. The van der Waals surface area contributed by atoms with E-state index >= 15 is 0 Å². The van der Waals surface area contributed by atoms with Crippen molar-refractivity contribution in [1.82, 2.24) is 15.1 Å². The summed E-state index contributed by atoms with van der Waals surface area (Å²) in [5, 5.41) is 9.89. The van der Waals surface area contributed by atoms with Gasteiger partial charge in [-0.25, -0.2) is 0 Å². The molecule has 0 radical (unpaired) electrons. The fourth-order valence-corrected chi connectivity index (χ4v) is 4.84. The van der Waals surface area contributed by atoms with Gasteiger partial charge in [0.25, 0.3) is 0 Å². The summed E-state index contributed by atoms with van der Waals surface area (Å²) in [6.45, 7) is 5.29. The minimum Gasteiger partial charge on any atom is -0.313 e. The van der Waals surface area contributed by atoms with Crippen molar-refractivity contribution in [2.75, 3.05) is 12.3 Å². The Hall–Kier alpha value is -0.190. The largest absolute Gasteiger partial charge is 0.313 e. The number of halogens is 1. The van der Waals surface area contributed by atoms with Gasteiger partial charge in [-0.1, -0.05) is 38.3 Å². The monoisotopic (exact) mass is 329 g/mol. The van der Waals surface area contributed by atoms with Crippen molar-refractivity contribution in [3.8, 4) is 0 Å². The Morgan fingerprint density at radius 3 is 2.67 bits per heavy atom. The Balaban J connectivity index is 1.96. The van der Waals surface area contributed by atoms with E-state index in [0.717, 1.165) is 35.4 Å². The number of hydrogen-bond acceptors (Lipinski definition) is 3. The van der Waals surface area contributed by atoms with Crippen molar-refractivity contribution in [3.05, 3.63) is 16.4 Å². The molecule has 1 aliphatic carbocycles. The van der Waals surface area contributed by atoms with Gasteiger partial charge in [-0.2, -0.15) is 16.9 Å². The highest BCUT2D eigenvalue weighted by atomic mass is 35.5. The minimum atomic E-state index is 0.484. The van der Waals surface area contributed by atoms with Gasteiger partial charge in [0.15, 0.2) is 0 Å². The summed E-state index contributed by atoms with van der Waals surface area (Å²) >= 11 is 8.62. The fraction of sp³-hybridized carbons (Fsp3) is 0.812. The number of aryl methyl sites for hydroxylation is 2. The summed E-state index contributed by atoms with van der Waals surface area (Å²) in [6, 6.07) is 0.484. The zero-order chi connectivity index (χ0) is 15.2. The Morgan fingerprint density at radius 1 is 1.38 bits per heavy atom. The van der Waals surface area contributed by atoms with Gasteiger partial charge >= 0.3 is 0 Å². The quantitative estimate of drug-likeness (QED) is 0.786. The Morgan fingerprint density at radius 2 is 2.10 bits per heavy atom.